The molecule has 2 aromatic heterocycles. The van der Waals surface area contributed by atoms with E-state index in [1.54, 1.807) is 0 Å². The quantitative estimate of drug-likeness (QED) is 0.907. The van der Waals surface area contributed by atoms with Crippen LogP contribution < -0.4 is 5.32 Å². The molecule has 1 unspecified atom stereocenters. The summed E-state index contributed by atoms with van der Waals surface area (Å²) in [5.41, 5.74) is 2.15. The number of sulfone groups is 1. The molecule has 2 aromatic rings. The fourth-order valence-corrected chi connectivity index (χ4v) is 4.38. The maximum atomic E-state index is 11.7. The smallest absolute Gasteiger partial charge is 0.154 e. The molecule has 6 heteroatoms. The topological polar surface area (TPSA) is 63.5 Å². The van der Waals surface area contributed by atoms with Crippen LogP contribution in [0.3, 0.4) is 0 Å². The van der Waals surface area contributed by atoms with Gasteiger partial charge in [0.15, 0.2) is 9.84 Å². The summed E-state index contributed by atoms with van der Waals surface area (Å²) < 4.78 is 25.2. The first-order valence-electron chi connectivity index (χ1n) is 6.50. The molecule has 5 nitrogen and oxygen atoms in total. The van der Waals surface area contributed by atoms with E-state index >= 15 is 0 Å². The molecule has 1 saturated heterocycles. The Hall–Kier alpha value is -1.40. The lowest BCUT2D eigenvalue weighted by Crippen LogP contribution is -2.30. The van der Waals surface area contributed by atoms with Gasteiger partial charge in [-0.3, -0.25) is 0 Å². The predicted molar refractivity (Wildman–Crippen MR) is 73.7 cm³/mol. The van der Waals surface area contributed by atoms with Crippen molar-refractivity contribution < 1.29 is 8.42 Å². The molecule has 3 heterocycles. The van der Waals surface area contributed by atoms with E-state index < -0.39 is 9.84 Å². The van der Waals surface area contributed by atoms with Gasteiger partial charge in [-0.05, 0) is 25.0 Å². The second-order valence-electron chi connectivity index (χ2n) is 4.96. The Bertz CT molecular complexity index is 678. The monoisotopic (exact) mass is 279 g/mol. The summed E-state index contributed by atoms with van der Waals surface area (Å²) in [7, 11) is -2.85. The molecule has 3 rings (SSSR count). The van der Waals surface area contributed by atoms with E-state index in [4.69, 9.17) is 0 Å². The van der Waals surface area contributed by atoms with E-state index in [1.807, 2.05) is 35.1 Å². The fourth-order valence-electron chi connectivity index (χ4n) is 2.58. The van der Waals surface area contributed by atoms with Gasteiger partial charge in [0.05, 0.1) is 22.7 Å². The second kappa shape index (κ2) is 4.94. The lowest BCUT2D eigenvalue weighted by molar-refractivity contribution is 0.574. The molecule has 1 atom stereocenters. The van der Waals surface area contributed by atoms with Gasteiger partial charge in [0, 0.05) is 24.8 Å². The van der Waals surface area contributed by atoms with Gasteiger partial charge in [0.2, 0.25) is 0 Å². The van der Waals surface area contributed by atoms with Gasteiger partial charge in [-0.25, -0.2) is 12.9 Å². The molecule has 0 spiro atoms. The highest BCUT2D eigenvalue weighted by Crippen LogP contribution is 2.19. The third-order valence-corrected chi connectivity index (χ3v) is 5.93. The van der Waals surface area contributed by atoms with E-state index in [1.165, 1.54) is 0 Å². The van der Waals surface area contributed by atoms with Crippen molar-refractivity contribution in [2.75, 3.05) is 12.3 Å². The van der Waals surface area contributed by atoms with Crippen LogP contribution in [0.5, 0.6) is 0 Å². The van der Waals surface area contributed by atoms with Crippen LogP contribution in [0.4, 0.5) is 0 Å². The molecule has 0 saturated carbocycles. The van der Waals surface area contributed by atoms with E-state index in [-0.39, 0.29) is 5.25 Å². The highest BCUT2D eigenvalue weighted by molar-refractivity contribution is 7.92. The number of pyridine rings is 1. The molecule has 1 aliphatic rings. The Kier molecular flexibility index (Phi) is 3.28. The summed E-state index contributed by atoms with van der Waals surface area (Å²) in [5, 5.41) is 7.29. The molecular formula is C13H17N3O2S. The average Bonchev–Trinajstić information content (AvgIpc) is 2.94. The minimum Gasteiger partial charge on any atom is -0.311 e. The van der Waals surface area contributed by atoms with Crippen molar-refractivity contribution in [3.05, 3.63) is 36.2 Å². The van der Waals surface area contributed by atoms with Crippen molar-refractivity contribution >= 4 is 15.4 Å². The lowest BCUT2D eigenvalue weighted by atomic mass is 10.2. The van der Waals surface area contributed by atoms with Crippen molar-refractivity contribution in [2.24, 2.45) is 0 Å². The van der Waals surface area contributed by atoms with Gasteiger partial charge >= 0.3 is 0 Å². The fraction of sp³-hybridized carbons (Fsp3) is 0.462. The highest BCUT2D eigenvalue weighted by atomic mass is 32.2. The van der Waals surface area contributed by atoms with Gasteiger partial charge in [0.1, 0.15) is 0 Å². The Morgan fingerprint density at radius 2 is 2.32 bits per heavy atom. The van der Waals surface area contributed by atoms with Crippen LogP contribution in [0.25, 0.3) is 5.52 Å². The van der Waals surface area contributed by atoms with Gasteiger partial charge in [0.25, 0.3) is 0 Å². The maximum absolute atomic E-state index is 11.7. The summed E-state index contributed by atoms with van der Waals surface area (Å²) in [6, 6.07) is 5.92. The molecule has 1 fully saturated rings. The molecule has 0 bridgehead atoms. The van der Waals surface area contributed by atoms with Crippen LogP contribution in [-0.2, 0) is 16.4 Å². The first kappa shape index (κ1) is 12.6. The van der Waals surface area contributed by atoms with Gasteiger partial charge < -0.3 is 5.32 Å². The van der Waals surface area contributed by atoms with E-state index in [0.717, 1.165) is 23.9 Å². The molecular weight excluding hydrogens is 262 g/mol. The zero-order valence-corrected chi connectivity index (χ0v) is 11.4. The first-order valence-corrected chi connectivity index (χ1v) is 8.22. The Balaban J connectivity index is 1.64. The molecule has 102 valence electrons. The third-order valence-electron chi connectivity index (χ3n) is 3.66. The summed E-state index contributed by atoms with van der Waals surface area (Å²) >= 11 is 0. The largest absolute Gasteiger partial charge is 0.311 e. The van der Waals surface area contributed by atoms with Crippen molar-refractivity contribution in [3.63, 3.8) is 0 Å². The van der Waals surface area contributed by atoms with Gasteiger partial charge in [-0.2, -0.15) is 5.10 Å². The first-order chi connectivity index (χ1) is 9.17. The van der Waals surface area contributed by atoms with E-state index in [9.17, 15) is 8.42 Å². The maximum Gasteiger partial charge on any atom is 0.154 e. The van der Waals surface area contributed by atoms with Crippen LogP contribution in [-0.4, -0.2) is 35.6 Å². The highest BCUT2D eigenvalue weighted by Gasteiger charge is 2.30. The number of aromatic nitrogens is 2. The SMILES string of the molecule is O=S1(=O)CCCC1CNCc1cnn2ccccc12. The number of nitrogens with zero attached hydrogens (tertiary/aromatic N) is 2. The van der Waals surface area contributed by atoms with E-state index in [2.05, 4.69) is 10.4 Å². The number of nitrogens with one attached hydrogen (secondary N) is 1. The number of hydrogen-bond donors (Lipinski definition) is 1. The van der Waals surface area contributed by atoms with Crippen LogP contribution in [0.2, 0.25) is 0 Å². The zero-order valence-electron chi connectivity index (χ0n) is 10.6. The average molecular weight is 279 g/mol. The minimum atomic E-state index is -2.85. The molecule has 0 aliphatic carbocycles. The van der Waals surface area contributed by atoms with Gasteiger partial charge in [-0.1, -0.05) is 6.07 Å². The summed E-state index contributed by atoms with van der Waals surface area (Å²) in [6.45, 7) is 1.19. The molecule has 0 radical (unpaired) electrons. The number of hydrogen-bond acceptors (Lipinski definition) is 4. The minimum absolute atomic E-state index is 0.214. The van der Waals surface area contributed by atoms with Crippen molar-refractivity contribution in [3.8, 4) is 0 Å². The molecule has 1 aliphatic heterocycles. The van der Waals surface area contributed by atoms with Crippen molar-refractivity contribution in [1.29, 1.82) is 0 Å². The Morgan fingerprint density at radius 3 is 3.11 bits per heavy atom. The van der Waals surface area contributed by atoms with Crippen LogP contribution in [0.1, 0.15) is 18.4 Å². The summed E-state index contributed by atoms with van der Waals surface area (Å²) in [5.74, 6) is 0.343. The van der Waals surface area contributed by atoms with Crippen molar-refractivity contribution in [1.82, 2.24) is 14.9 Å². The molecule has 19 heavy (non-hydrogen) atoms. The predicted octanol–water partition coefficient (Wildman–Crippen LogP) is 1.00. The molecule has 0 aromatic carbocycles. The summed E-state index contributed by atoms with van der Waals surface area (Å²) in [6.07, 6.45) is 5.31. The second-order valence-corrected chi connectivity index (χ2v) is 7.36. The van der Waals surface area contributed by atoms with Crippen molar-refractivity contribution in [2.45, 2.75) is 24.6 Å². The zero-order chi connectivity index (χ0) is 13.3. The summed E-state index contributed by atoms with van der Waals surface area (Å²) in [4.78, 5) is 0. The Labute approximate surface area is 112 Å². The molecule has 1 N–H and O–H groups in total. The van der Waals surface area contributed by atoms with Gasteiger partial charge in [-0.15, -0.1) is 0 Å². The normalized spacial score (nSPS) is 22.0. The number of fused-ring (bicyclic) bond motifs is 1. The van der Waals surface area contributed by atoms with E-state index in [0.29, 0.717) is 18.8 Å². The standard InChI is InChI=1S/C13H17N3O2S/c17-19(18)7-3-4-12(19)10-14-8-11-9-15-16-6-2-1-5-13(11)16/h1-2,5-6,9,12,14H,3-4,7-8,10H2. The van der Waals surface area contributed by atoms with Crippen LogP contribution in [0.15, 0.2) is 30.6 Å². The number of rotatable bonds is 4. The van der Waals surface area contributed by atoms with Crippen LogP contribution in [0, 0.1) is 0 Å². The van der Waals surface area contributed by atoms with Crippen LogP contribution >= 0.6 is 0 Å². The lowest BCUT2D eigenvalue weighted by Gasteiger charge is -2.10. The Morgan fingerprint density at radius 1 is 1.42 bits per heavy atom. The molecule has 0 amide bonds. The third kappa shape index (κ3) is 2.50.